The molecule has 1 saturated heterocycles. The maximum absolute atomic E-state index is 12.8. The summed E-state index contributed by atoms with van der Waals surface area (Å²) in [5.74, 6) is 0.359. The minimum absolute atomic E-state index is 0.0957. The normalized spacial score (nSPS) is 16.5. The molecule has 2 aromatic rings. The molecule has 7 heteroatoms. The summed E-state index contributed by atoms with van der Waals surface area (Å²) in [7, 11) is 1.54. The van der Waals surface area contributed by atoms with Gasteiger partial charge in [-0.1, -0.05) is 30.3 Å². The molecule has 1 fully saturated rings. The van der Waals surface area contributed by atoms with Crippen molar-refractivity contribution < 1.29 is 14.3 Å². The lowest BCUT2D eigenvalue weighted by molar-refractivity contribution is -0.114. The zero-order valence-electron chi connectivity index (χ0n) is 15.5. The van der Waals surface area contributed by atoms with Crippen molar-refractivity contribution in [2.45, 2.75) is 13.0 Å². The molecule has 142 valence electrons. The van der Waals surface area contributed by atoms with Gasteiger partial charge in [-0.15, -0.1) is 0 Å². The predicted molar refractivity (Wildman–Crippen MR) is 105 cm³/mol. The van der Waals surface area contributed by atoms with Gasteiger partial charge in [0.25, 0.3) is 0 Å². The highest BCUT2D eigenvalue weighted by Crippen LogP contribution is 2.28. The molecule has 1 heterocycles. The van der Waals surface area contributed by atoms with Gasteiger partial charge in [-0.2, -0.15) is 0 Å². The van der Waals surface area contributed by atoms with Crippen LogP contribution in [0.15, 0.2) is 48.5 Å². The predicted octanol–water partition coefficient (Wildman–Crippen LogP) is 2.83. The molecule has 0 aliphatic carbocycles. The van der Waals surface area contributed by atoms with Crippen molar-refractivity contribution in [2.24, 2.45) is 0 Å². The first kappa shape index (κ1) is 18.7. The zero-order valence-corrected chi connectivity index (χ0v) is 15.5. The third kappa shape index (κ3) is 4.77. The molecule has 0 unspecified atom stereocenters. The lowest BCUT2D eigenvalue weighted by Crippen LogP contribution is -2.49. The molecule has 0 bridgehead atoms. The van der Waals surface area contributed by atoms with Crippen molar-refractivity contribution in [3.63, 3.8) is 0 Å². The molecule has 0 radical (unpaired) electrons. The number of ether oxygens (including phenoxy) is 1. The second-order valence-corrected chi connectivity index (χ2v) is 6.39. The number of nitrogens with zero attached hydrogens (tertiary/aromatic N) is 1. The topological polar surface area (TPSA) is 82.7 Å². The summed E-state index contributed by atoms with van der Waals surface area (Å²) in [6, 6.07) is 15.1. The van der Waals surface area contributed by atoms with E-state index < -0.39 is 0 Å². The number of methoxy groups -OCH3 is 1. The number of urea groups is 1. The highest BCUT2D eigenvalue weighted by atomic mass is 16.5. The summed E-state index contributed by atoms with van der Waals surface area (Å²) in [6.45, 7) is 3.34. The largest absolute Gasteiger partial charge is 0.495 e. The third-order valence-corrected chi connectivity index (χ3v) is 4.43. The zero-order chi connectivity index (χ0) is 19.2. The van der Waals surface area contributed by atoms with E-state index in [-0.39, 0.29) is 18.0 Å². The number of nitrogens with one attached hydrogen (secondary N) is 3. The molecular formula is C20H24N4O3. The van der Waals surface area contributed by atoms with E-state index in [9.17, 15) is 9.59 Å². The summed E-state index contributed by atoms with van der Waals surface area (Å²) in [5, 5.41) is 9.05. The molecule has 2 aromatic carbocycles. The Labute approximate surface area is 158 Å². The average Bonchev–Trinajstić information content (AvgIpc) is 2.68. The summed E-state index contributed by atoms with van der Waals surface area (Å²) in [6.07, 6.45) is 0. The van der Waals surface area contributed by atoms with Gasteiger partial charge in [0.05, 0.1) is 18.8 Å². The van der Waals surface area contributed by atoms with Gasteiger partial charge >= 0.3 is 6.03 Å². The number of amides is 3. The van der Waals surface area contributed by atoms with E-state index in [1.807, 2.05) is 18.2 Å². The van der Waals surface area contributed by atoms with Crippen LogP contribution in [0.3, 0.4) is 0 Å². The molecule has 3 amide bonds. The van der Waals surface area contributed by atoms with Gasteiger partial charge in [0, 0.05) is 32.2 Å². The van der Waals surface area contributed by atoms with E-state index in [4.69, 9.17) is 4.74 Å². The van der Waals surface area contributed by atoms with Crippen LogP contribution in [0.2, 0.25) is 0 Å². The first-order chi connectivity index (χ1) is 13.1. The Morgan fingerprint density at radius 2 is 1.93 bits per heavy atom. The standard InChI is InChI=1S/C20H24N4O3/c1-14(25)22-16-8-9-19(27-2)17(12-16)23-20(26)24-11-10-21-18(13-24)15-6-4-3-5-7-15/h3-9,12,18,21H,10-11,13H2,1-2H3,(H,22,25)(H,23,26)/t18-/m1/s1. The van der Waals surface area contributed by atoms with E-state index in [2.05, 4.69) is 28.1 Å². The van der Waals surface area contributed by atoms with Crippen molar-refractivity contribution in [3.05, 3.63) is 54.1 Å². The number of rotatable bonds is 4. The Morgan fingerprint density at radius 3 is 2.63 bits per heavy atom. The van der Waals surface area contributed by atoms with Crippen molar-refractivity contribution in [3.8, 4) is 5.75 Å². The molecule has 7 nitrogen and oxygen atoms in total. The Morgan fingerprint density at radius 1 is 1.15 bits per heavy atom. The first-order valence-corrected chi connectivity index (χ1v) is 8.86. The number of carbonyl (C=O) groups excluding carboxylic acids is 2. The molecular weight excluding hydrogens is 344 g/mol. The van der Waals surface area contributed by atoms with Crippen molar-refractivity contribution in [1.82, 2.24) is 10.2 Å². The van der Waals surface area contributed by atoms with Crippen molar-refractivity contribution in [1.29, 1.82) is 0 Å². The second-order valence-electron chi connectivity index (χ2n) is 6.39. The fourth-order valence-corrected chi connectivity index (χ4v) is 3.12. The van der Waals surface area contributed by atoms with Crippen LogP contribution in [0.4, 0.5) is 16.2 Å². The Bertz CT molecular complexity index is 810. The van der Waals surface area contributed by atoms with Gasteiger partial charge in [0.15, 0.2) is 0 Å². The van der Waals surface area contributed by atoms with E-state index >= 15 is 0 Å². The van der Waals surface area contributed by atoms with Crippen LogP contribution in [-0.4, -0.2) is 43.6 Å². The molecule has 0 spiro atoms. The lowest BCUT2D eigenvalue weighted by Gasteiger charge is -2.34. The number of hydrogen-bond acceptors (Lipinski definition) is 4. The van der Waals surface area contributed by atoms with Gasteiger partial charge in [0.1, 0.15) is 5.75 Å². The van der Waals surface area contributed by atoms with Gasteiger partial charge in [0.2, 0.25) is 5.91 Å². The summed E-state index contributed by atoms with van der Waals surface area (Å²) in [5.41, 5.74) is 2.27. The van der Waals surface area contributed by atoms with Gasteiger partial charge in [-0.25, -0.2) is 4.79 Å². The minimum Gasteiger partial charge on any atom is -0.495 e. The van der Waals surface area contributed by atoms with E-state index in [1.54, 1.807) is 30.2 Å². The SMILES string of the molecule is COc1ccc(NC(C)=O)cc1NC(=O)N1CCN[C@@H](c2ccccc2)C1. The van der Waals surface area contributed by atoms with Crippen LogP contribution in [0.5, 0.6) is 5.75 Å². The molecule has 3 rings (SSSR count). The van der Waals surface area contributed by atoms with Gasteiger partial charge in [-0.05, 0) is 23.8 Å². The summed E-state index contributed by atoms with van der Waals surface area (Å²) < 4.78 is 5.33. The van der Waals surface area contributed by atoms with Crippen LogP contribution in [0.25, 0.3) is 0 Å². The second kappa shape index (κ2) is 8.55. The monoisotopic (exact) mass is 368 g/mol. The first-order valence-electron chi connectivity index (χ1n) is 8.86. The highest BCUT2D eigenvalue weighted by Gasteiger charge is 2.24. The molecule has 1 aliphatic rings. The molecule has 3 N–H and O–H groups in total. The maximum atomic E-state index is 12.8. The molecule has 0 saturated carbocycles. The number of anilines is 2. The number of piperazine rings is 1. The fraction of sp³-hybridized carbons (Fsp3) is 0.300. The maximum Gasteiger partial charge on any atom is 0.322 e. The molecule has 1 aliphatic heterocycles. The van der Waals surface area contributed by atoms with Crippen molar-refractivity contribution >= 4 is 23.3 Å². The van der Waals surface area contributed by atoms with Gasteiger partial charge < -0.3 is 25.6 Å². The minimum atomic E-state index is -0.198. The van der Waals surface area contributed by atoms with Crippen LogP contribution in [0, 0.1) is 0 Å². The van der Waals surface area contributed by atoms with Crippen LogP contribution in [-0.2, 0) is 4.79 Å². The quantitative estimate of drug-likeness (QED) is 0.775. The smallest absolute Gasteiger partial charge is 0.322 e. The number of hydrogen-bond donors (Lipinski definition) is 3. The van der Waals surface area contributed by atoms with E-state index in [1.165, 1.54) is 6.92 Å². The van der Waals surface area contributed by atoms with Crippen LogP contribution in [0.1, 0.15) is 18.5 Å². The van der Waals surface area contributed by atoms with E-state index in [0.717, 1.165) is 12.1 Å². The fourth-order valence-electron chi connectivity index (χ4n) is 3.12. The lowest BCUT2D eigenvalue weighted by atomic mass is 10.0. The Balaban J connectivity index is 1.71. The number of benzene rings is 2. The van der Waals surface area contributed by atoms with Crippen LogP contribution < -0.4 is 20.7 Å². The van der Waals surface area contributed by atoms with Crippen molar-refractivity contribution in [2.75, 3.05) is 37.4 Å². The average molecular weight is 368 g/mol. The highest BCUT2D eigenvalue weighted by molar-refractivity contribution is 5.94. The Hall–Kier alpha value is -3.06. The molecule has 0 aromatic heterocycles. The molecule has 1 atom stereocenters. The third-order valence-electron chi connectivity index (χ3n) is 4.43. The molecule has 27 heavy (non-hydrogen) atoms. The van der Waals surface area contributed by atoms with Crippen LogP contribution >= 0.6 is 0 Å². The summed E-state index contributed by atoms with van der Waals surface area (Å²) >= 11 is 0. The number of carbonyl (C=O) groups is 2. The summed E-state index contributed by atoms with van der Waals surface area (Å²) in [4.78, 5) is 25.8. The van der Waals surface area contributed by atoms with Gasteiger partial charge in [-0.3, -0.25) is 4.79 Å². The Kier molecular flexibility index (Phi) is 5.93. The van der Waals surface area contributed by atoms with E-state index in [0.29, 0.717) is 30.2 Å².